The lowest BCUT2D eigenvalue weighted by molar-refractivity contribution is 0.137. The van der Waals surface area contributed by atoms with E-state index in [0.717, 1.165) is 0 Å². The molecule has 0 fully saturated rings. The maximum atomic E-state index is 4.80. The smallest absolute Gasteiger partial charge is 0.282 e. The van der Waals surface area contributed by atoms with Crippen LogP contribution in [0.25, 0.3) is 0 Å². The SMILES string of the molecule is [B]OCC(CCOS)OS. The van der Waals surface area contributed by atoms with Crippen LogP contribution in [0.1, 0.15) is 6.42 Å². The van der Waals surface area contributed by atoms with Crippen molar-refractivity contribution in [2.45, 2.75) is 12.5 Å². The van der Waals surface area contributed by atoms with Gasteiger partial charge in [-0.25, -0.2) is 0 Å². The van der Waals surface area contributed by atoms with Gasteiger partial charge in [-0.15, -0.1) is 0 Å². The fourth-order valence-corrected chi connectivity index (χ4v) is 0.730. The largest absolute Gasteiger partial charge is 0.445 e. The molecule has 0 aromatic rings. The summed E-state index contributed by atoms with van der Waals surface area (Å²) in [6.45, 7) is 0.790. The van der Waals surface area contributed by atoms with E-state index in [9.17, 15) is 0 Å². The summed E-state index contributed by atoms with van der Waals surface area (Å²) in [4.78, 5) is 0. The van der Waals surface area contributed by atoms with E-state index >= 15 is 0 Å². The maximum Gasteiger partial charge on any atom is 0.282 e. The fraction of sp³-hybridized carbons (Fsp3) is 1.00. The van der Waals surface area contributed by atoms with Crippen molar-refractivity contribution < 1.29 is 13.0 Å². The van der Waals surface area contributed by atoms with E-state index in [1.165, 1.54) is 0 Å². The van der Waals surface area contributed by atoms with Gasteiger partial charge in [0.25, 0.3) is 8.05 Å². The molecule has 0 bridgehead atoms. The zero-order chi connectivity index (χ0) is 7.82. The highest BCUT2D eigenvalue weighted by atomic mass is 32.1. The van der Waals surface area contributed by atoms with Gasteiger partial charge in [0.05, 0.1) is 19.3 Å². The van der Waals surface area contributed by atoms with E-state index in [-0.39, 0.29) is 6.10 Å². The Bertz CT molecular complexity index is 75.5. The highest BCUT2D eigenvalue weighted by molar-refractivity contribution is 7.75. The van der Waals surface area contributed by atoms with Gasteiger partial charge in [0.15, 0.2) is 0 Å². The number of rotatable bonds is 6. The molecule has 1 unspecified atom stereocenters. The second kappa shape index (κ2) is 7.75. The Morgan fingerprint density at radius 2 is 2.10 bits per heavy atom. The molecule has 0 spiro atoms. The van der Waals surface area contributed by atoms with Crippen molar-refractivity contribution in [2.75, 3.05) is 13.2 Å². The molecule has 58 valence electrons. The molecule has 3 nitrogen and oxygen atoms in total. The zero-order valence-corrected chi connectivity index (χ0v) is 7.18. The first-order valence-corrected chi connectivity index (χ1v) is 3.46. The Balaban J connectivity index is 3.21. The normalized spacial score (nSPS) is 13.4. The van der Waals surface area contributed by atoms with Crippen LogP contribution in [0.5, 0.6) is 0 Å². The van der Waals surface area contributed by atoms with Crippen LogP contribution in [0.4, 0.5) is 0 Å². The third-order valence-corrected chi connectivity index (χ3v) is 1.44. The van der Waals surface area contributed by atoms with Gasteiger partial charge in [0, 0.05) is 6.42 Å². The van der Waals surface area contributed by atoms with Gasteiger partial charge in [-0.3, -0.25) is 0 Å². The third kappa shape index (κ3) is 5.43. The minimum absolute atomic E-state index is 0.138. The van der Waals surface area contributed by atoms with E-state index < -0.39 is 0 Å². The Hall–Kier alpha value is 0.645. The van der Waals surface area contributed by atoms with Crippen LogP contribution >= 0.6 is 25.8 Å². The van der Waals surface area contributed by atoms with Crippen molar-refractivity contribution in [3.63, 3.8) is 0 Å². The summed E-state index contributed by atoms with van der Waals surface area (Å²) < 4.78 is 13.5. The summed E-state index contributed by atoms with van der Waals surface area (Å²) in [7, 11) is 4.80. The van der Waals surface area contributed by atoms with Crippen LogP contribution in [-0.2, 0) is 13.0 Å². The average Bonchev–Trinajstić information content (AvgIpc) is 1.98. The molecule has 1 atom stereocenters. The van der Waals surface area contributed by atoms with Gasteiger partial charge in [-0.1, -0.05) is 0 Å². The van der Waals surface area contributed by atoms with Crippen molar-refractivity contribution in [3.8, 4) is 0 Å². The van der Waals surface area contributed by atoms with Crippen LogP contribution in [0.15, 0.2) is 0 Å². The van der Waals surface area contributed by atoms with Gasteiger partial charge in [0.2, 0.25) is 0 Å². The standard InChI is InChI=1S/C4H9BO3S2/c5-6-3-4(8-10)1-2-7-9/h4,9-10H,1-3H2. The van der Waals surface area contributed by atoms with Crippen molar-refractivity contribution in [3.05, 3.63) is 0 Å². The van der Waals surface area contributed by atoms with Crippen LogP contribution in [0.3, 0.4) is 0 Å². The predicted molar refractivity (Wildman–Crippen MR) is 45.1 cm³/mol. The maximum absolute atomic E-state index is 4.80. The Labute approximate surface area is 73.1 Å². The van der Waals surface area contributed by atoms with Gasteiger partial charge in [-0.05, 0) is 25.8 Å². The molecular weight excluding hydrogens is 171 g/mol. The van der Waals surface area contributed by atoms with Crippen LogP contribution in [0.2, 0.25) is 0 Å². The van der Waals surface area contributed by atoms with E-state index in [4.69, 9.17) is 8.05 Å². The minimum Gasteiger partial charge on any atom is -0.445 e. The molecule has 6 heteroatoms. The molecule has 0 aliphatic rings. The van der Waals surface area contributed by atoms with Crippen molar-refractivity contribution >= 4 is 33.9 Å². The number of thiol groups is 2. The van der Waals surface area contributed by atoms with E-state index in [1.54, 1.807) is 0 Å². The highest BCUT2D eigenvalue weighted by Gasteiger charge is 2.05. The second-order valence-electron chi connectivity index (χ2n) is 1.68. The van der Waals surface area contributed by atoms with Crippen molar-refractivity contribution in [1.29, 1.82) is 0 Å². The molecular formula is C4H9BO3S2. The minimum atomic E-state index is -0.138. The molecule has 0 aliphatic carbocycles. The topological polar surface area (TPSA) is 27.7 Å². The van der Waals surface area contributed by atoms with Crippen LogP contribution in [-0.4, -0.2) is 27.4 Å². The van der Waals surface area contributed by atoms with Gasteiger partial charge < -0.3 is 13.0 Å². The third-order valence-electron chi connectivity index (χ3n) is 0.962. The molecule has 0 saturated heterocycles. The molecule has 0 N–H and O–H groups in total. The quantitative estimate of drug-likeness (QED) is 0.355. The average molecular weight is 180 g/mol. The van der Waals surface area contributed by atoms with Gasteiger partial charge >= 0.3 is 0 Å². The first-order chi connectivity index (χ1) is 4.85. The fourth-order valence-electron chi connectivity index (χ4n) is 0.458. The molecule has 2 radical (unpaired) electrons. The lowest BCUT2D eigenvalue weighted by Gasteiger charge is -2.11. The summed E-state index contributed by atoms with van der Waals surface area (Å²) >= 11 is 7.16. The summed E-state index contributed by atoms with van der Waals surface area (Å²) in [5, 5.41) is 0. The summed E-state index contributed by atoms with van der Waals surface area (Å²) in [6, 6.07) is 0. The second-order valence-corrected chi connectivity index (χ2v) is 2.15. The first kappa shape index (κ1) is 10.6. The number of hydrogen-bond acceptors (Lipinski definition) is 5. The van der Waals surface area contributed by atoms with E-state index in [2.05, 4.69) is 38.8 Å². The zero-order valence-electron chi connectivity index (χ0n) is 5.40. The lowest BCUT2D eigenvalue weighted by atomic mass is 10.3. The summed E-state index contributed by atoms with van der Waals surface area (Å²) in [6.07, 6.45) is 0.519. The summed E-state index contributed by atoms with van der Waals surface area (Å²) in [5.74, 6) is 0. The van der Waals surface area contributed by atoms with Crippen molar-refractivity contribution in [1.82, 2.24) is 0 Å². The lowest BCUT2D eigenvalue weighted by Crippen LogP contribution is -2.17. The Morgan fingerprint density at radius 3 is 2.50 bits per heavy atom. The summed E-state index contributed by atoms with van der Waals surface area (Å²) in [5.41, 5.74) is 0. The molecule has 10 heavy (non-hydrogen) atoms. The molecule has 0 aliphatic heterocycles. The molecule has 0 aromatic heterocycles. The van der Waals surface area contributed by atoms with Crippen LogP contribution in [0, 0.1) is 0 Å². The monoisotopic (exact) mass is 180 g/mol. The Morgan fingerprint density at radius 1 is 1.40 bits per heavy atom. The van der Waals surface area contributed by atoms with E-state index in [1.807, 2.05) is 0 Å². The molecule has 0 saturated carbocycles. The molecule has 0 rings (SSSR count). The Kier molecular flexibility index (Phi) is 8.25. The van der Waals surface area contributed by atoms with Crippen molar-refractivity contribution in [2.24, 2.45) is 0 Å². The first-order valence-electron chi connectivity index (χ1n) is 2.73. The highest BCUT2D eigenvalue weighted by Crippen LogP contribution is 2.01. The van der Waals surface area contributed by atoms with Crippen LogP contribution < -0.4 is 0 Å². The molecule has 0 aromatic carbocycles. The van der Waals surface area contributed by atoms with Gasteiger partial charge in [0.1, 0.15) is 0 Å². The van der Waals surface area contributed by atoms with E-state index in [0.29, 0.717) is 19.6 Å². The van der Waals surface area contributed by atoms with Gasteiger partial charge in [-0.2, -0.15) is 0 Å². The predicted octanol–water partition coefficient (Wildman–Crippen LogP) is 0.568. The molecule has 0 heterocycles. The number of hydrogen-bond donors (Lipinski definition) is 2. The molecule has 0 amide bonds.